The number of nitrogens with one attached hydrogen (secondary N) is 1. The van der Waals surface area contributed by atoms with E-state index in [1.165, 1.54) is 0 Å². The number of aromatic nitrogens is 2. The van der Waals surface area contributed by atoms with E-state index in [1.807, 2.05) is 60.7 Å². The number of carbonyl (C=O) groups is 2. The van der Waals surface area contributed by atoms with Crippen LogP contribution in [0.2, 0.25) is 0 Å². The van der Waals surface area contributed by atoms with Crippen molar-refractivity contribution in [1.29, 1.82) is 0 Å². The van der Waals surface area contributed by atoms with Crippen molar-refractivity contribution in [1.82, 2.24) is 15.3 Å². The second-order valence-electron chi connectivity index (χ2n) is 10.1. The number of aliphatic carboxylic acids is 1. The van der Waals surface area contributed by atoms with Gasteiger partial charge in [0.2, 0.25) is 0 Å². The Kier molecular flexibility index (Phi) is 7.86. The van der Waals surface area contributed by atoms with E-state index in [9.17, 15) is 14.7 Å². The van der Waals surface area contributed by atoms with Crippen LogP contribution in [0, 0.1) is 0 Å². The molecule has 0 aliphatic rings. The molecule has 7 heteroatoms. The van der Waals surface area contributed by atoms with E-state index >= 15 is 0 Å². The highest BCUT2D eigenvalue weighted by molar-refractivity contribution is 5.96. The van der Waals surface area contributed by atoms with Crippen molar-refractivity contribution in [2.75, 3.05) is 7.11 Å². The number of carboxylic acids is 1. The standard InChI is InChI=1S/C31H31N3O4/c1-31(2,3)25-13-9-23(10-14-25)29(35)34-27(30(36)37)17-20-5-7-22(8-6-20)28-32-18-24(19-33-28)21-11-15-26(38-4)16-12-21/h5-16,18-19,27H,17H2,1-4H3,(H,34,35)(H,36,37). The van der Waals surface area contributed by atoms with Crippen LogP contribution < -0.4 is 10.1 Å². The molecule has 0 spiro atoms. The summed E-state index contributed by atoms with van der Waals surface area (Å²) in [6, 6.07) is 21.2. The molecule has 0 bridgehead atoms. The van der Waals surface area contributed by atoms with Gasteiger partial charge in [-0.25, -0.2) is 14.8 Å². The molecule has 0 aliphatic carbocycles. The zero-order valence-corrected chi connectivity index (χ0v) is 21.9. The number of methoxy groups -OCH3 is 1. The maximum absolute atomic E-state index is 12.7. The Morgan fingerprint density at radius 2 is 1.42 bits per heavy atom. The summed E-state index contributed by atoms with van der Waals surface area (Å²) in [5.41, 5.74) is 4.96. The summed E-state index contributed by atoms with van der Waals surface area (Å²) in [5.74, 6) is -0.160. The van der Waals surface area contributed by atoms with Gasteiger partial charge < -0.3 is 15.2 Å². The molecule has 2 N–H and O–H groups in total. The minimum absolute atomic E-state index is 0.0333. The normalized spacial score (nSPS) is 12.0. The van der Waals surface area contributed by atoms with Crippen molar-refractivity contribution in [2.45, 2.75) is 38.6 Å². The second-order valence-corrected chi connectivity index (χ2v) is 10.1. The van der Waals surface area contributed by atoms with Gasteiger partial charge in [-0.3, -0.25) is 4.79 Å². The second kappa shape index (κ2) is 11.3. The Labute approximate surface area is 222 Å². The first-order valence-corrected chi connectivity index (χ1v) is 12.3. The zero-order chi connectivity index (χ0) is 27.3. The summed E-state index contributed by atoms with van der Waals surface area (Å²) in [6.45, 7) is 6.28. The van der Waals surface area contributed by atoms with Crippen LogP contribution in [0.5, 0.6) is 5.75 Å². The topological polar surface area (TPSA) is 101 Å². The van der Waals surface area contributed by atoms with E-state index in [2.05, 4.69) is 36.1 Å². The molecular weight excluding hydrogens is 478 g/mol. The van der Waals surface area contributed by atoms with Gasteiger partial charge in [-0.15, -0.1) is 0 Å². The summed E-state index contributed by atoms with van der Waals surface area (Å²) in [6.07, 6.45) is 3.68. The van der Waals surface area contributed by atoms with Crippen LogP contribution in [-0.4, -0.2) is 40.1 Å². The van der Waals surface area contributed by atoms with Gasteiger partial charge in [0.05, 0.1) is 7.11 Å². The van der Waals surface area contributed by atoms with Crippen LogP contribution in [0.1, 0.15) is 42.3 Å². The molecule has 0 radical (unpaired) electrons. The SMILES string of the molecule is COc1ccc(-c2cnc(-c3ccc(CC(NC(=O)c4ccc(C(C)(C)C)cc4)C(=O)O)cc3)nc2)cc1. The molecule has 0 aliphatic heterocycles. The summed E-state index contributed by atoms with van der Waals surface area (Å²) >= 11 is 0. The third kappa shape index (κ3) is 6.42. The number of rotatable bonds is 8. The van der Waals surface area contributed by atoms with Gasteiger partial charge in [0.25, 0.3) is 5.91 Å². The third-order valence-electron chi connectivity index (χ3n) is 6.34. The van der Waals surface area contributed by atoms with E-state index < -0.39 is 17.9 Å². The lowest BCUT2D eigenvalue weighted by molar-refractivity contribution is -0.139. The Hall–Kier alpha value is -4.52. The summed E-state index contributed by atoms with van der Waals surface area (Å²) < 4.78 is 5.20. The minimum atomic E-state index is -1.09. The Morgan fingerprint density at radius 3 is 1.95 bits per heavy atom. The van der Waals surface area contributed by atoms with Gasteiger partial charge in [0.1, 0.15) is 11.8 Å². The fourth-order valence-corrected chi connectivity index (χ4v) is 4.00. The predicted octanol–water partition coefficient (Wildman–Crippen LogP) is 5.54. The molecule has 0 fully saturated rings. The molecule has 1 unspecified atom stereocenters. The highest BCUT2D eigenvalue weighted by Crippen LogP contribution is 2.24. The molecule has 194 valence electrons. The van der Waals surface area contributed by atoms with E-state index in [-0.39, 0.29) is 11.8 Å². The van der Waals surface area contributed by atoms with Crippen LogP contribution in [0.4, 0.5) is 0 Å². The molecule has 1 amide bonds. The Morgan fingerprint density at radius 1 is 0.842 bits per heavy atom. The van der Waals surface area contributed by atoms with Crippen molar-refractivity contribution in [3.8, 4) is 28.3 Å². The van der Waals surface area contributed by atoms with Crippen LogP contribution >= 0.6 is 0 Å². The fraction of sp³-hybridized carbons (Fsp3) is 0.226. The van der Waals surface area contributed by atoms with Crippen LogP contribution in [-0.2, 0) is 16.6 Å². The molecule has 0 saturated heterocycles. The largest absolute Gasteiger partial charge is 0.497 e. The van der Waals surface area contributed by atoms with Crippen molar-refractivity contribution >= 4 is 11.9 Å². The lowest BCUT2D eigenvalue weighted by Crippen LogP contribution is -2.42. The smallest absolute Gasteiger partial charge is 0.326 e. The van der Waals surface area contributed by atoms with Gasteiger partial charge in [-0.05, 0) is 46.4 Å². The lowest BCUT2D eigenvalue weighted by atomic mass is 9.86. The van der Waals surface area contributed by atoms with Crippen LogP contribution in [0.25, 0.3) is 22.5 Å². The molecule has 1 aromatic heterocycles. The number of benzene rings is 3. The number of nitrogens with zero attached hydrogens (tertiary/aromatic N) is 2. The van der Waals surface area contributed by atoms with E-state index in [1.54, 1.807) is 31.6 Å². The van der Waals surface area contributed by atoms with E-state index in [4.69, 9.17) is 4.74 Å². The molecule has 1 atom stereocenters. The number of amides is 1. The van der Waals surface area contributed by atoms with E-state index in [0.29, 0.717) is 11.4 Å². The Bertz CT molecular complexity index is 1390. The minimum Gasteiger partial charge on any atom is -0.497 e. The number of carbonyl (C=O) groups excluding carboxylic acids is 1. The molecule has 3 aromatic carbocycles. The highest BCUT2D eigenvalue weighted by atomic mass is 16.5. The summed E-state index contributed by atoms with van der Waals surface area (Å²) in [5, 5.41) is 12.4. The summed E-state index contributed by atoms with van der Waals surface area (Å²) in [7, 11) is 1.63. The van der Waals surface area contributed by atoms with Crippen molar-refractivity contribution in [3.63, 3.8) is 0 Å². The number of hydrogen-bond acceptors (Lipinski definition) is 5. The molecule has 1 heterocycles. The summed E-state index contributed by atoms with van der Waals surface area (Å²) in [4.78, 5) is 33.6. The first-order chi connectivity index (χ1) is 18.1. The van der Waals surface area contributed by atoms with Gasteiger partial charge in [0.15, 0.2) is 5.82 Å². The molecular formula is C31H31N3O4. The first-order valence-electron chi connectivity index (χ1n) is 12.3. The van der Waals surface area contributed by atoms with Crippen molar-refractivity contribution in [2.24, 2.45) is 0 Å². The third-order valence-corrected chi connectivity index (χ3v) is 6.34. The fourth-order valence-electron chi connectivity index (χ4n) is 4.00. The van der Waals surface area contributed by atoms with Crippen molar-refractivity contribution < 1.29 is 19.4 Å². The van der Waals surface area contributed by atoms with Crippen LogP contribution in [0.15, 0.2) is 85.2 Å². The highest BCUT2D eigenvalue weighted by Gasteiger charge is 2.22. The van der Waals surface area contributed by atoms with Gasteiger partial charge in [0, 0.05) is 35.5 Å². The molecule has 7 nitrogen and oxygen atoms in total. The lowest BCUT2D eigenvalue weighted by Gasteiger charge is -2.19. The predicted molar refractivity (Wildman–Crippen MR) is 147 cm³/mol. The number of ether oxygens (including phenoxy) is 1. The van der Waals surface area contributed by atoms with Gasteiger partial charge >= 0.3 is 5.97 Å². The molecule has 38 heavy (non-hydrogen) atoms. The van der Waals surface area contributed by atoms with Crippen molar-refractivity contribution in [3.05, 3.63) is 102 Å². The first kappa shape index (κ1) is 26.5. The maximum Gasteiger partial charge on any atom is 0.326 e. The number of carboxylic acid groups (broad SMARTS) is 1. The van der Waals surface area contributed by atoms with Crippen LogP contribution in [0.3, 0.4) is 0 Å². The molecule has 4 aromatic rings. The average molecular weight is 510 g/mol. The average Bonchev–Trinajstić information content (AvgIpc) is 2.93. The quantitative estimate of drug-likeness (QED) is 0.323. The molecule has 4 rings (SSSR count). The monoisotopic (exact) mass is 509 g/mol. The number of hydrogen-bond donors (Lipinski definition) is 2. The van der Waals surface area contributed by atoms with Gasteiger partial charge in [-0.2, -0.15) is 0 Å². The molecule has 0 saturated carbocycles. The Balaban J connectivity index is 1.41. The van der Waals surface area contributed by atoms with E-state index in [0.717, 1.165) is 33.6 Å². The zero-order valence-electron chi connectivity index (χ0n) is 21.9. The maximum atomic E-state index is 12.7. The van der Waals surface area contributed by atoms with Gasteiger partial charge in [-0.1, -0.05) is 69.3 Å².